The number of anilines is 1. The predicted molar refractivity (Wildman–Crippen MR) is 76.6 cm³/mol. The summed E-state index contributed by atoms with van der Waals surface area (Å²) in [4.78, 5) is 17.2. The Bertz CT molecular complexity index is 582. The maximum Gasteiger partial charge on any atom is 0.251 e. The summed E-state index contributed by atoms with van der Waals surface area (Å²) in [6.07, 6.45) is 1.80. The molecule has 2 rings (SSSR count). The quantitative estimate of drug-likeness (QED) is 0.852. The van der Waals surface area contributed by atoms with Gasteiger partial charge in [-0.15, -0.1) is 11.3 Å². The van der Waals surface area contributed by atoms with Gasteiger partial charge in [-0.25, -0.2) is 4.98 Å². The van der Waals surface area contributed by atoms with Gasteiger partial charge < -0.3 is 11.1 Å². The van der Waals surface area contributed by atoms with Crippen molar-refractivity contribution in [1.29, 1.82) is 0 Å². The minimum Gasteiger partial charge on any atom is -0.398 e. The molecule has 0 bridgehead atoms. The van der Waals surface area contributed by atoms with Gasteiger partial charge in [0.05, 0.1) is 6.54 Å². The number of nitrogens with one attached hydrogen (secondary N) is 1. The number of hydrogen-bond donors (Lipinski definition) is 2. The van der Waals surface area contributed by atoms with Crippen LogP contribution in [0.3, 0.4) is 0 Å². The number of carbonyl (C=O) groups is 1. The Hall–Kier alpha value is -1.40. The lowest BCUT2D eigenvalue weighted by atomic mass is 10.2. The summed E-state index contributed by atoms with van der Waals surface area (Å²) >= 11 is 4.86. The first-order chi connectivity index (χ1) is 8.56. The van der Waals surface area contributed by atoms with Crippen LogP contribution in [0.15, 0.2) is 28.9 Å². The van der Waals surface area contributed by atoms with Crippen LogP contribution in [0.2, 0.25) is 0 Å². The van der Waals surface area contributed by atoms with Crippen LogP contribution < -0.4 is 11.1 Å². The van der Waals surface area contributed by atoms with E-state index >= 15 is 0 Å². The van der Waals surface area contributed by atoms with Gasteiger partial charge >= 0.3 is 0 Å². The molecule has 0 fully saturated rings. The molecule has 0 radical (unpaired) electrons. The van der Waals surface area contributed by atoms with Crippen molar-refractivity contribution in [3.05, 3.63) is 44.3 Å². The SMILES string of the molecule is Cc1cnc(CNC(=O)c2ccc(Br)c(N)c2)s1. The molecule has 0 aliphatic carbocycles. The molecule has 0 aliphatic heterocycles. The fourth-order valence-corrected chi connectivity index (χ4v) is 2.40. The number of amides is 1. The van der Waals surface area contributed by atoms with Crippen molar-refractivity contribution >= 4 is 38.9 Å². The van der Waals surface area contributed by atoms with Gasteiger partial charge in [-0.1, -0.05) is 0 Å². The monoisotopic (exact) mass is 325 g/mol. The van der Waals surface area contributed by atoms with E-state index in [1.807, 2.05) is 6.92 Å². The van der Waals surface area contributed by atoms with Crippen molar-refractivity contribution in [3.8, 4) is 0 Å². The van der Waals surface area contributed by atoms with Crippen molar-refractivity contribution in [1.82, 2.24) is 10.3 Å². The van der Waals surface area contributed by atoms with Crippen LogP contribution in [0.25, 0.3) is 0 Å². The van der Waals surface area contributed by atoms with Gasteiger partial charge in [0, 0.05) is 26.8 Å². The molecule has 0 unspecified atom stereocenters. The number of nitrogens with two attached hydrogens (primary N) is 1. The first-order valence-electron chi connectivity index (χ1n) is 5.31. The predicted octanol–water partition coefficient (Wildman–Crippen LogP) is 2.73. The van der Waals surface area contributed by atoms with Crippen LogP contribution >= 0.6 is 27.3 Å². The lowest BCUT2D eigenvalue weighted by Gasteiger charge is -2.05. The maximum absolute atomic E-state index is 11.9. The van der Waals surface area contributed by atoms with Crippen LogP contribution in [0, 0.1) is 6.92 Å². The fourth-order valence-electron chi connectivity index (χ4n) is 1.43. The molecule has 3 N–H and O–H groups in total. The van der Waals surface area contributed by atoms with E-state index < -0.39 is 0 Å². The zero-order valence-corrected chi connectivity index (χ0v) is 12.1. The van der Waals surface area contributed by atoms with Crippen LogP contribution in [-0.4, -0.2) is 10.9 Å². The number of nitrogen functional groups attached to an aromatic ring is 1. The maximum atomic E-state index is 11.9. The Morgan fingerprint density at radius 3 is 2.94 bits per heavy atom. The zero-order valence-electron chi connectivity index (χ0n) is 9.74. The van der Waals surface area contributed by atoms with Gasteiger partial charge in [-0.05, 0) is 41.1 Å². The van der Waals surface area contributed by atoms with E-state index in [-0.39, 0.29) is 5.91 Å². The van der Waals surface area contributed by atoms with Crippen molar-refractivity contribution < 1.29 is 4.79 Å². The van der Waals surface area contributed by atoms with Crippen LogP contribution in [-0.2, 0) is 6.54 Å². The van der Waals surface area contributed by atoms with Crippen molar-refractivity contribution in [2.45, 2.75) is 13.5 Å². The molecule has 0 atom stereocenters. The second-order valence-corrected chi connectivity index (χ2v) is 5.96. The van der Waals surface area contributed by atoms with E-state index in [9.17, 15) is 4.79 Å². The molecule has 18 heavy (non-hydrogen) atoms. The fraction of sp³-hybridized carbons (Fsp3) is 0.167. The topological polar surface area (TPSA) is 68.0 Å². The summed E-state index contributed by atoms with van der Waals surface area (Å²) in [6.45, 7) is 2.42. The van der Waals surface area contributed by atoms with Gasteiger partial charge in [0.1, 0.15) is 5.01 Å². The molecule has 1 aromatic carbocycles. The summed E-state index contributed by atoms with van der Waals surface area (Å²) < 4.78 is 0.787. The zero-order chi connectivity index (χ0) is 13.1. The highest BCUT2D eigenvalue weighted by Gasteiger charge is 2.08. The van der Waals surface area contributed by atoms with E-state index in [1.165, 1.54) is 0 Å². The van der Waals surface area contributed by atoms with Crippen molar-refractivity contribution in [2.75, 3.05) is 5.73 Å². The second kappa shape index (κ2) is 5.49. The molecule has 0 spiro atoms. The molecule has 0 aliphatic rings. The third kappa shape index (κ3) is 3.08. The van der Waals surface area contributed by atoms with Gasteiger partial charge in [-0.2, -0.15) is 0 Å². The molecular weight excluding hydrogens is 314 g/mol. The van der Waals surface area contributed by atoms with E-state index in [1.54, 1.807) is 35.7 Å². The number of aryl methyl sites for hydroxylation is 1. The number of rotatable bonds is 3. The van der Waals surface area contributed by atoms with E-state index in [2.05, 4.69) is 26.2 Å². The van der Waals surface area contributed by atoms with Crippen LogP contribution in [0.1, 0.15) is 20.2 Å². The number of nitrogens with zero attached hydrogens (tertiary/aromatic N) is 1. The van der Waals surface area contributed by atoms with Gasteiger partial charge in [0.15, 0.2) is 0 Å². The summed E-state index contributed by atoms with van der Waals surface area (Å²) in [7, 11) is 0. The first-order valence-corrected chi connectivity index (χ1v) is 6.92. The summed E-state index contributed by atoms with van der Waals surface area (Å²) in [5.74, 6) is -0.151. The second-order valence-electron chi connectivity index (χ2n) is 3.78. The van der Waals surface area contributed by atoms with Crippen molar-refractivity contribution in [2.24, 2.45) is 0 Å². The molecule has 2 aromatic rings. The number of halogens is 1. The molecular formula is C12H12BrN3OS. The molecule has 1 heterocycles. The van der Waals surface area contributed by atoms with Crippen LogP contribution in [0.5, 0.6) is 0 Å². The highest BCUT2D eigenvalue weighted by atomic mass is 79.9. The lowest BCUT2D eigenvalue weighted by Crippen LogP contribution is -2.22. The van der Waals surface area contributed by atoms with E-state index in [4.69, 9.17) is 5.73 Å². The number of carbonyl (C=O) groups excluding carboxylic acids is 1. The third-order valence-electron chi connectivity index (χ3n) is 2.33. The standard InChI is InChI=1S/C12H12BrN3OS/c1-7-5-15-11(18-7)6-16-12(17)8-2-3-9(13)10(14)4-8/h2-5H,6,14H2,1H3,(H,16,17). The summed E-state index contributed by atoms with van der Waals surface area (Å²) in [6, 6.07) is 5.13. The lowest BCUT2D eigenvalue weighted by molar-refractivity contribution is 0.0951. The molecule has 6 heteroatoms. The van der Waals surface area contributed by atoms with E-state index in [0.717, 1.165) is 14.4 Å². The average Bonchev–Trinajstić information content (AvgIpc) is 2.75. The van der Waals surface area contributed by atoms with E-state index in [0.29, 0.717) is 17.8 Å². The largest absolute Gasteiger partial charge is 0.398 e. The number of benzene rings is 1. The number of hydrogen-bond acceptors (Lipinski definition) is 4. The van der Waals surface area contributed by atoms with Gasteiger partial charge in [0.25, 0.3) is 5.91 Å². The highest BCUT2D eigenvalue weighted by molar-refractivity contribution is 9.10. The average molecular weight is 326 g/mol. The highest BCUT2D eigenvalue weighted by Crippen LogP contribution is 2.20. The molecule has 1 aromatic heterocycles. The molecule has 4 nitrogen and oxygen atoms in total. The smallest absolute Gasteiger partial charge is 0.251 e. The van der Waals surface area contributed by atoms with Gasteiger partial charge in [0.2, 0.25) is 0 Å². The molecule has 0 saturated heterocycles. The molecule has 94 valence electrons. The normalized spacial score (nSPS) is 10.3. The third-order valence-corrected chi connectivity index (χ3v) is 3.96. The molecule has 1 amide bonds. The number of thiazole rings is 1. The van der Waals surface area contributed by atoms with Crippen molar-refractivity contribution in [3.63, 3.8) is 0 Å². The van der Waals surface area contributed by atoms with Crippen LogP contribution in [0.4, 0.5) is 5.69 Å². The summed E-state index contributed by atoms with van der Waals surface area (Å²) in [5.41, 5.74) is 6.83. The number of aromatic nitrogens is 1. The first kappa shape index (κ1) is 13.0. The van der Waals surface area contributed by atoms with Gasteiger partial charge in [-0.3, -0.25) is 4.79 Å². The Balaban J connectivity index is 2.01. The minimum absolute atomic E-state index is 0.151. The molecule has 0 saturated carbocycles. The Labute approximate surface area is 117 Å². The Morgan fingerprint density at radius 1 is 1.56 bits per heavy atom. The minimum atomic E-state index is -0.151. The Kier molecular flexibility index (Phi) is 3.98. The summed E-state index contributed by atoms with van der Waals surface area (Å²) in [5, 5.41) is 3.71. The Morgan fingerprint density at radius 2 is 2.33 bits per heavy atom.